The van der Waals surface area contributed by atoms with Crippen molar-refractivity contribution in [3.63, 3.8) is 0 Å². The number of hydrogen-bond donors (Lipinski definition) is 1. The lowest BCUT2D eigenvalue weighted by molar-refractivity contribution is -0.0479. The van der Waals surface area contributed by atoms with Crippen molar-refractivity contribution >= 4 is 7.82 Å². The molecule has 0 aromatic carbocycles. The molecule has 8 heteroatoms. The van der Waals surface area contributed by atoms with E-state index in [4.69, 9.17) is 9.80 Å². The van der Waals surface area contributed by atoms with E-state index in [0.717, 1.165) is 0 Å². The number of hydrogen-bond acceptors (Lipinski definition) is 5. The summed E-state index contributed by atoms with van der Waals surface area (Å²) >= 11 is 0. The number of nitrogens with zero attached hydrogens (tertiary/aromatic N) is 1. The van der Waals surface area contributed by atoms with Gasteiger partial charge in [0, 0.05) is 0 Å². The van der Waals surface area contributed by atoms with Crippen molar-refractivity contribution in [2.24, 2.45) is 5.34 Å². The lowest BCUT2D eigenvalue weighted by atomic mass is 13.4. The van der Waals surface area contributed by atoms with Crippen LogP contribution in [-0.4, -0.2) is 4.89 Å². The normalized spacial score (nSPS) is 16.8. The van der Waals surface area contributed by atoms with Crippen molar-refractivity contribution in [2.75, 3.05) is 0 Å². The van der Waals surface area contributed by atoms with E-state index in [9.17, 15) is 9.09 Å². The van der Waals surface area contributed by atoms with E-state index >= 15 is 0 Å². The first-order valence-electron chi connectivity index (χ1n) is 1.27. The molecule has 0 amide bonds. The lowest BCUT2D eigenvalue weighted by Gasteiger charge is -1.94. The minimum atomic E-state index is -4.82. The number of rotatable bonds is 3. The molecular weight excluding hydrogens is 144 g/mol. The van der Waals surface area contributed by atoms with Gasteiger partial charge in [-0.3, -0.25) is 9.52 Å². The van der Waals surface area contributed by atoms with Crippen molar-refractivity contribution < 1.29 is 23.3 Å². The van der Waals surface area contributed by atoms with Crippen LogP contribution in [0.5, 0.6) is 0 Å². The quantitative estimate of drug-likeness (QED) is 0.358. The summed E-state index contributed by atoms with van der Waals surface area (Å²) < 4.78 is 25.5. The largest absolute Gasteiger partial charge is 0.581 e. The summed E-state index contributed by atoms with van der Waals surface area (Å²) in [7, 11) is -4.82. The first kappa shape index (κ1) is 7.48. The molecule has 1 atom stereocenters. The highest BCUT2D eigenvalue weighted by Crippen LogP contribution is 2.43. The van der Waals surface area contributed by atoms with E-state index in [1.54, 1.807) is 0 Å². The molecule has 0 aliphatic heterocycles. The van der Waals surface area contributed by atoms with E-state index in [0.29, 0.717) is 0 Å². The van der Waals surface area contributed by atoms with Gasteiger partial charge in [0.05, 0.1) is 0 Å². The summed E-state index contributed by atoms with van der Waals surface area (Å²) in [6.07, 6.45) is 0. The third-order valence-corrected chi connectivity index (χ3v) is 0.671. The van der Waals surface area contributed by atoms with Crippen LogP contribution in [0, 0.1) is 4.91 Å². The van der Waals surface area contributed by atoms with Gasteiger partial charge in [0.15, 0.2) is 5.34 Å². The van der Waals surface area contributed by atoms with Crippen LogP contribution in [0.15, 0.2) is 5.34 Å². The molecule has 0 bridgehead atoms. The Bertz CT molecular complexity index is 122. The van der Waals surface area contributed by atoms with Gasteiger partial charge >= 0.3 is 7.82 Å². The van der Waals surface area contributed by atoms with Crippen LogP contribution >= 0.6 is 7.82 Å². The topological polar surface area (TPSA) is 85.2 Å². The Balaban J connectivity index is 3.72. The molecule has 0 saturated heterocycles. The standard InChI is InChI=1S/FHNO5P/c1-6-8(4,5)7-2-3/h(H,4,5). The number of halogens is 1. The molecule has 0 spiro atoms. The summed E-state index contributed by atoms with van der Waals surface area (Å²) in [4.78, 5) is 16.7. The van der Waals surface area contributed by atoms with Gasteiger partial charge in [-0.1, -0.05) is 4.73 Å². The molecule has 0 rings (SSSR count). The Morgan fingerprint density at radius 3 is 2.38 bits per heavy atom. The summed E-state index contributed by atoms with van der Waals surface area (Å²) in [5.74, 6) is 0. The van der Waals surface area contributed by atoms with E-state index < -0.39 is 7.82 Å². The molecular formula is HFNO5P. The molecule has 0 fully saturated rings. The highest BCUT2D eigenvalue weighted by atomic mass is 31.2. The average molecular weight is 145 g/mol. The van der Waals surface area contributed by atoms with Gasteiger partial charge in [0.1, 0.15) is 0 Å². The first-order valence-corrected chi connectivity index (χ1v) is 2.76. The third-order valence-electron chi connectivity index (χ3n) is 0.224. The Kier molecular flexibility index (Phi) is 2.53. The predicted octanol–water partition coefficient (Wildman–Crippen LogP) is 0.686. The van der Waals surface area contributed by atoms with Gasteiger partial charge in [0.25, 0.3) is 0 Å². The zero-order valence-electron chi connectivity index (χ0n) is 3.35. The Morgan fingerprint density at radius 2 is 2.25 bits per heavy atom. The van der Waals surface area contributed by atoms with Crippen molar-refractivity contribution in [2.45, 2.75) is 0 Å². The van der Waals surface area contributed by atoms with Gasteiger partial charge in [-0.2, -0.15) is 0 Å². The van der Waals surface area contributed by atoms with Crippen LogP contribution in [0.1, 0.15) is 0 Å². The molecule has 48 valence electrons. The first-order chi connectivity index (χ1) is 3.62. The van der Waals surface area contributed by atoms with Gasteiger partial charge in [-0.25, -0.2) is 4.57 Å². The molecule has 1 unspecified atom stereocenters. The lowest BCUT2D eigenvalue weighted by Crippen LogP contribution is -1.78. The van der Waals surface area contributed by atoms with E-state index in [2.05, 4.69) is 9.35 Å². The molecule has 6 nitrogen and oxygen atoms in total. The summed E-state index contributed by atoms with van der Waals surface area (Å²) in [5.41, 5.74) is 0. The molecule has 0 aromatic rings. The monoisotopic (exact) mass is 145 g/mol. The van der Waals surface area contributed by atoms with Crippen molar-refractivity contribution in [3.05, 3.63) is 4.91 Å². The van der Waals surface area contributed by atoms with E-state index in [-0.39, 0.29) is 0 Å². The Morgan fingerprint density at radius 1 is 1.75 bits per heavy atom. The van der Waals surface area contributed by atoms with E-state index in [1.807, 2.05) is 0 Å². The fraction of sp³-hybridized carbons (Fsp3) is 0. The molecule has 0 saturated carbocycles. The van der Waals surface area contributed by atoms with Crippen molar-refractivity contribution in [1.29, 1.82) is 0 Å². The predicted molar refractivity (Wildman–Crippen MR) is 18.9 cm³/mol. The van der Waals surface area contributed by atoms with E-state index in [1.165, 1.54) is 5.34 Å². The zero-order valence-corrected chi connectivity index (χ0v) is 4.25. The maximum absolute atomic E-state index is 10.6. The Hall–Kier alpha value is -0.520. The Labute approximate surface area is 42.7 Å². The maximum Gasteiger partial charge on any atom is 0.581 e. The van der Waals surface area contributed by atoms with Gasteiger partial charge in [-0.05, 0) is 4.53 Å². The molecule has 1 N–H and O–H groups in total. The highest BCUT2D eigenvalue weighted by Gasteiger charge is 2.24. The molecule has 0 radical (unpaired) electrons. The minimum absolute atomic E-state index is 1.45. The minimum Gasteiger partial charge on any atom is -0.290 e. The summed E-state index contributed by atoms with van der Waals surface area (Å²) in [6, 6.07) is 0. The van der Waals surface area contributed by atoms with Crippen molar-refractivity contribution in [1.82, 2.24) is 0 Å². The second-order valence-corrected chi connectivity index (χ2v) is 1.93. The molecule has 0 aliphatic carbocycles. The van der Waals surface area contributed by atoms with Crippen LogP contribution in [0.3, 0.4) is 0 Å². The van der Waals surface area contributed by atoms with Crippen LogP contribution < -0.4 is 0 Å². The second kappa shape index (κ2) is 2.71. The highest BCUT2D eigenvalue weighted by molar-refractivity contribution is 7.47. The van der Waals surface area contributed by atoms with Crippen LogP contribution in [-0.2, 0) is 13.9 Å². The zero-order chi connectivity index (χ0) is 6.62. The van der Waals surface area contributed by atoms with Crippen LogP contribution in [0.4, 0.5) is 4.53 Å². The fourth-order valence-electron chi connectivity index (χ4n) is 0.0547. The summed E-state index contributed by atoms with van der Waals surface area (Å²) in [6.45, 7) is 0. The average Bonchev–Trinajstić information content (AvgIpc) is 1.67. The molecule has 8 heavy (non-hydrogen) atoms. The number of phosphoric acid groups is 1. The fourth-order valence-corrected chi connectivity index (χ4v) is 0.164. The third kappa shape index (κ3) is 2.62. The molecule has 0 heterocycles. The second-order valence-electron chi connectivity index (χ2n) is 0.694. The summed E-state index contributed by atoms with van der Waals surface area (Å²) in [5, 5.41) is 1.45. The smallest absolute Gasteiger partial charge is 0.290 e. The van der Waals surface area contributed by atoms with Crippen molar-refractivity contribution in [3.8, 4) is 0 Å². The van der Waals surface area contributed by atoms with Gasteiger partial charge in [-0.15, -0.1) is 4.91 Å². The van der Waals surface area contributed by atoms with Crippen LogP contribution in [0.25, 0.3) is 0 Å². The van der Waals surface area contributed by atoms with Crippen LogP contribution in [0.2, 0.25) is 0 Å². The molecule has 0 aromatic heterocycles. The SMILES string of the molecule is O=NOP(=O)(O)OF. The van der Waals surface area contributed by atoms with Gasteiger partial charge < -0.3 is 0 Å². The molecule has 0 aliphatic rings. The van der Waals surface area contributed by atoms with Gasteiger partial charge in [0.2, 0.25) is 0 Å². The maximum atomic E-state index is 10.6.